The number of benzene rings is 2. The molecule has 170 valence electrons. The van der Waals surface area contributed by atoms with E-state index in [9.17, 15) is 14.4 Å². The average Bonchev–Trinajstić information content (AvgIpc) is 2.82. The van der Waals surface area contributed by atoms with Crippen LogP contribution in [-0.4, -0.2) is 44.7 Å². The number of rotatable bonds is 10. The predicted octanol–water partition coefficient (Wildman–Crippen LogP) is 3.43. The van der Waals surface area contributed by atoms with E-state index in [2.05, 4.69) is 27.1 Å². The molecule has 0 bridgehead atoms. The minimum Gasteiger partial charge on any atom is -0.464 e. The number of esters is 1. The topological polar surface area (TPSA) is 84.9 Å². The van der Waals surface area contributed by atoms with E-state index in [0.29, 0.717) is 12.0 Å². The van der Waals surface area contributed by atoms with Crippen LogP contribution in [0.1, 0.15) is 53.7 Å². The molecule has 0 aromatic heterocycles. The van der Waals surface area contributed by atoms with Crippen LogP contribution in [0.2, 0.25) is 0 Å². The van der Waals surface area contributed by atoms with E-state index < -0.39 is 5.97 Å². The number of para-hydroxylation sites is 1. The normalized spacial score (nSPS) is 14.3. The van der Waals surface area contributed by atoms with E-state index in [1.54, 1.807) is 24.3 Å². The van der Waals surface area contributed by atoms with Crippen LogP contribution in [0.3, 0.4) is 0 Å². The van der Waals surface area contributed by atoms with Gasteiger partial charge in [-0.1, -0.05) is 30.3 Å². The molecule has 1 unspecified atom stereocenters. The van der Waals surface area contributed by atoms with Crippen molar-refractivity contribution in [3.05, 3.63) is 65.2 Å². The van der Waals surface area contributed by atoms with E-state index in [-0.39, 0.29) is 31.6 Å². The molecular formula is C25H30N2O5. The summed E-state index contributed by atoms with van der Waals surface area (Å²) >= 11 is 0. The van der Waals surface area contributed by atoms with Gasteiger partial charge in [-0.15, -0.1) is 0 Å². The molecule has 32 heavy (non-hydrogen) atoms. The molecule has 0 radical (unpaired) electrons. The highest BCUT2D eigenvalue weighted by Crippen LogP contribution is 2.28. The lowest BCUT2D eigenvalue weighted by molar-refractivity contribution is -0.129. The van der Waals surface area contributed by atoms with Crippen LogP contribution < -0.4 is 10.2 Å². The molecule has 1 aliphatic heterocycles. The molecule has 0 aliphatic carbocycles. The monoisotopic (exact) mass is 438 g/mol. The summed E-state index contributed by atoms with van der Waals surface area (Å²) in [7, 11) is 0. The number of anilines is 1. The second-order valence-corrected chi connectivity index (χ2v) is 7.87. The van der Waals surface area contributed by atoms with E-state index in [1.807, 2.05) is 19.1 Å². The van der Waals surface area contributed by atoms with Crippen molar-refractivity contribution in [2.24, 2.45) is 0 Å². The van der Waals surface area contributed by atoms with Crippen molar-refractivity contribution in [2.45, 2.75) is 38.6 Å². The van der Waals surface area contributed by atoms with Gasteiger partial charge in [0.15, 0.2) is 0 Å². The first-order chi connectivity index (χ1) is 15.6. The van der Waals surface area contributed by atoms with E-state index in [4.69, 9.17) is 4.74 Å². The van der Waals surface area contributed by atoms with Crippen molar-refractivity contribution in [3.63, 3.8) is 0 Å². The Hall–Kier alpha value is -3.35. The minimum atomic E-state index is -0.501. The summed E-state index contributed by atoms with van der Waals surface area (Å²) in [6, 6.07) is 14.9. The number of ether oxygens (including phenoxy) is 2. The number of nitrogens with one attached hydrogen (secondary N) is 1. The molecule has 1 saturated heterocycles. The molecule has 1 fully saturated rings. The van der Waals surface area contributed by atoms with Gasteiger partial charge in [-0.05, 0) is 55.5 Å². The maximum absolute atomic E-state index is 12.6. The van der Waals surface area contributed by atoms with E-state index in [0.717, 1.165) is 24.2 Å². The smallest absolute Gasteiger partial charge is 0.338 e. The van der Waals surface area contributed by atoms with Gasteiger partial charge < -0.3 is 19.7 Å². The summed E-state index contributed by atoms with van der Waals surface area (Å²) in [6.45, 7) is 4.44. The first kappa shape index (κ1) is 23.3. The highest BCUT2D eigenvalue weighted by molar-refractivity contribution is 5.89. The van der Waals surface area contributed by atoms with Gasteiger partial charge in [0.2, 0.25) is 5.91 Å². The second kappa shape index (κ2) is 11.9. The molecule has 0 spiro atoms. The molecule has 1 atom stereocenters. The van der Waals surface area contributed by atoms with Gasteiger partial charge in [-0.25, -0.2) is 4.79 Å². The number of amides is 1. The molecule has 7 heteroatoms. The second-order valence-electron chi connectivity index (χ2n) is 7.87. The molecule has 0 saturated carbocycles. The van der Waals surface area contributed by atoms with E-state index in [1.165, 1.54) is 24.9 Å². The standard InChI is InChI=1S/C25H30N2O5/c1-19(22-7-3-4-8-23(22)27-13-5-2-6-14-27)26-24(29)17-20-9-11-21(12-10-20)25(30)32-16-15-31-18-28/h3-4,7-12,18-19H,2,5-6,13-17H2,1H3,(H,26,29). The summed E-state index contributed by atoms with van der Waals surface area (Å²) in [5.74, 6) is -0.578. The van der Waals surface area contributed by atoms with Crippen molar-refractivity contribution in [1.29, 1.82) is 0 Å². The van der Waals surface area contributed by atoms with Gasteiger partial charge in [0.1, 0.15) is 13.2 Å². The molecule has 1 aliphatic rings. The zero-order chi connectivity index (χ0) is 22.8. The molecule has 1 N–H and O–H groups in total. The Morgan fingerprint density at radius 3 is 2.47 bits per heavy atom. The first-order valence-electron chi connectivity index (χ1n) is 11.0. The van der Waals surface area contributed by atoms with Crippen molar-refractivity contribution >= 4 is 24.0 Å². The SMILES string of the molecule is CC(NC(=O)Cc1ccc(C(=O)OCCOC=O)cc1)c1ccccc1N1CCCCC1. The average molecular weight is 439 g/mol. The first-order valence-corrected chi connectivity index (χ1v) is 11.0. The van der Waals surface area contributed by atoms with Gasteiger partial charge in [0.05, 0.1) is 18.0 Å². The summed E-state index contributed by atoms with van der Waals surface area (Å²) in [5.41, 5.74) is 3.50. The molecule has 2 aromatic carbocycles. The van der Waals surface area contributed by atoms with Gasteiger partial charge in [-0.3, -0.25) is 9.59 Å². The van der Waals surface area contributed by atoms with Crippen molar-refractivity contribution in [2.75, 3.05) is 31.2 Å². The third kappa shape index (κ3) is 6.57. The van der Waals surface area contributed by atoms with Crippen molar-refractivity contribution < 1.29 is 23.9 Å². The number of hydrogen-bond donors (Lipinski definition) is 1. The van der Waals surface area contributed by atoms with Gasteiger partial charge in [0.25, 0.3) is 6.47 Å². The summed E-state index contributed by atoms with van der Waals surface area (Å²) in [4.78, 5) is 37.1. The summed E-state index contributed by atoms with van der Waals surface area (Å²) < 4.78 is 9.49. The highest BCUT2D eigenvalue weighted by Gasteiger charge is 2.19. The van der Waals surface area contributed by atoms with E-state index >= 15 is 0 Å². The lowest BCUT2D eigenvalue weighted by Gasteiger charge is -2.32. The quantitative estimate of drug-likeness (QED) is 0.348. The van der Waals surface area contributed by atoms with Crippen LogP contribution in [0.5, 0.6) is 0 Å². The Morgan fingerprint density at radius 1 is 1.03 bits per heavy atom. The molecule has 1 amide bonds. The molecule has 7 nitrogen and oxygen atoms in total. The van der Waals surface area contributed by atoms with Crippen LogP contribution in [0, 0.1) is 0 Å². The summed E-state index contributed by atoms with van der Waals surface area (Å²) in [5, 5.41) is 3.10. The number of carbonyl (C=O) groups is 3. The maximum atomic E-state index is 12.6. The fourth-order valence-electron chi connectivity index (χ4n) is 3.90. The van der Waals surface area contributed by atoms with Gasteiger partial charge in [-0.2, -0.15) is 0 Å². The lowest BCUT2D eigenvalue weighted by Crippen LogP contribution is -2.33. The lowest BCUT2D eigenvalue weighted by atomic mass is 10.0. The number of carbonyl (C=O) groups excluding carboxylic acids is 3. The number of piperidine rings is 1. The predicted molar refractivity (Wildman–Crippen MR) is 122 cm³/mol. The summed E-state index contributed by atoms with van der Waals surface area (Å²) in [6.07, 6.45) is 3.89. The highest BCUT2D eigenvalue weighted by atomic mass is 16.6. The number of hydrogen-bond acceptors (Lipinski definition) is 6. The Labute approximate surface area is 188 Å². The number of nitrogens with zero attached hydrogens (tertiary/aromatic N) is 1. The Balaban J connectivity index is 1.54. The van der Waals surface area contributed by atoms with Crippen LogP contribution in [0.15, 0.2) is 48.5 Å². The molecular weight excluding hydrogens is 408 g/mol. The van der Waals surface area contributed by atoms with Crippen LogP contribution >= 0.6 is 0 Å². The third-order valence-corrected chi connectivity index (χ3v) is 5.53. The fraction of sp³-hybridized carbons (Fsp3) is 0.400. The zero-order valence-electron chi connectivity index (χ0n) is 18.4. The third-order valence-electron chi connectivity index (χ3n) is 5.53. The molecule has 3 rings (SSSR count). The molecule has 1 heterocycles. The van der Waals surface area contributed by atoms with Crippen molar-refractivity contribution in [3.8, 4) is 0 Å². The van der Waals surface area contributed by atoms with Crippen LogP contribution in [-0.2, 0) is 25.5 Å². The van der Waals surface area contributed by atoms with Gasteiger partial charge in [0, 0.05) is 18.8 Å². The largest absolute Gasteiger partial charge is 0.464 e. The Kier molecular flexibility index (Phi) is 8.66. The Morgan fingerprint density at radius 2 is 1.75 bits per heavy atom. The maximum Gasteiger partial charge on any atom is 0.338 e. The molecule has 2 aromatic rings. The fourth-order valence-corrected chi connectivity index (χ4v) is 3.90. The van der Waals surface area contributed by atoms with Crippen molar-refractivity contribution in [1.82, 2.24) is 5.32 Å². The minimum absolute atomic E-state index is 0.00147. The van der Waals surface area contributed by atoms with Crippen LogP contribution in [0.4, 0.5) is 5.69 Å². The van der Waals surface area contributed by atoms with Gasteiger partial charge >= 0.3 is 5.97 Å². The van der Waals surface area contributed by atoms with Crippen LogP contribution in [0.25, 0.3) is 0 Å². The zero-order valence-corrected chi connectivity index (χ0v) is 18.4. The Bertz CT molecular complexity index is 907.